The van der Waals surface area contributed by atoms with Crippen LogP contribution in [0.3, 0.4) is 0 Å². The first kappa shape index (κ1) is 19.5. The van der Waals surface area contributed by atoms with Crippen LogP contribution in [0.25, 0.3) is 0 Å². The molecule has 152 valence electrons. The minimum absolute atomic E-state index is 0.0617. The van der Waals surface area contributed by atoms with Crippen molar-refractivity contribution in [3.05, 3.63) is 11.6 Å². The highest BCUT2D eigenvalue weighted by Gasteiger charge is 2.55. The number of allylic oxidation sites excluding steroid dienone is 1. The Hall–Kier alpha value is -0.830. The lowest BCUT2D eigenvalue weighted by Crippen LogP contribution is -2.46. The van der Waals surface area contributed by atoms with Crippen LogP contribution in [0.5, 0.6) is 0 Å². The predicted molar refractivity (Wildman–Crippen MR) is 107 cm³/mol. The molecule has 0 heterocycles. The zero-order valence-corrected chi connectivity index (χ0v) is 17.3. The van der Waals surface area contributed by atoms with Crippen molar-refractivity contribution in [1.29, 1.82) is 0 Å². The van der Waals surface area contributed by atoms with Gasteiger partial charge in [-0.3, -0.25) is 4.79 Å². The maximum Gasteiger partial charge on any atom is 0.305 e. The number of aliphatic hydroxyl groups excluding tert-OH is 1. The molecule has 1 N–H and O–H groups in total. The second kappa shape index (κ2) is 7.89. The molecule has 0 aliphatic heterocycles. The van der Waals surface area contributed by atoms with E-state index in [1.54, 1.807) is 5.57 Å². The molecule has 0 aromatic carbocycles. The number of fused-ring (bicyclic) bond motifs is 5. The first-order valence-electron chi connectivity index (χ1n) is 11.5. The van der Waals surface area contributed by atoms with Crippen LogP contribution in [-0.2, 0) is 9.53 Å². The highest BCUT2D eigenvalue weighted by Crippen LogP contribution is 2.64. The Morgan fingerprint density at radius 1 is 1.19 bits per heavy atom. The second-order valence-corrected chi connectivity index (χ2v) is 10.1. The minimum Gasteiger partial charge on any atom is -0.469 e. The summed E-state index contributed by atoms with van der Waals surface area (Å²) in [6.07, 6.45) is 16.5. The van der Waals surface area contributed by atoms with Crippen molar-refractivity contribution >= 4 is 5.97 Å². The molecule has 4 aliphatic rings. The predicted octanol–water partition coefficient (Wildman–Crippen LogP) is 5.27. The van der Waals surface area contributed by atoms with Crippen molar-refractivity contribution in [2.24, 2.45) is 35.0 Å². The van der Waals surface area contributed by atoms with E-state index in [-0.39, 0.29) is 12.1 Å². The number of unbranched alkanes of at least 4 members (excludes halogenated alkanes) is 1. The fourth-order valence-electron chi connectivity index (χ4n) is 7.59. The highest BCUT2D eigenvalue weighted by atomic mass is 16.5. The van der Waals surface area contributed by atoms with Crippen LogP contribution >= 0.6 is 0 Å². The maximum atomic E-state index is 11.3. The van der Waals surface area contributed by atoms with Gasteiger partial charge in [0.15, 0.2) is 0 Å². The summed E-state index contributed by atoms with van der Waals surface area (Å²) in [6, 6.07) is 0. The van der Waals surface area contributed by atoms with Crippen LogP contribution in [0, 0.1) is 35.0 Å². The number of esters is 1. The summed E-state index contributed by atoms with van der Waals surface area (Å²) in [4.78, 5) is 11.3. The van der Waals surface area contributed by atoms with Gasteiger partial charge in [-0.15, -0.1) is 0 Å². The van der Waals surface area contributed by atoms with Crippen molar-refractivity contribution in [3.8, 4) is 0 Å². The highest BCUT2D eigenvalue weighted by molar-refractivity contribution is 5.68. The number of aliphatic hydroxyl groups is 1. The van der Waals surface area contributed by atoms with Gasteiger partial charge in [0.25, 0.3) is 0 Å². The quantitative estimate of drug-likeness (QED) is 0.405. The van der Waals surface area contributed by atoms with Crippen LogP contribution in [0.2, 0.25) is 0 Å². The molecule has 4 rings (SSSR count). The molecule has 0 saturated heterocycles. The smallest absolute Gasteiger partial charge is 0.305 e. The lowest BCUT2D eigenvalue weighted by Gasteiger charge is -2.54. The Balaban J connectivity index is 1.39. The van der Waals surface area contributed by atoms with Crippen LogP contribution in [0.15, 0.2) is 11.6 Å². The molecule has 27 heavy (non-hydrogen) atoms. The standard InChI is InChI=1S/C24H38O3/c1-24-14-13-20-19-11-9-18(25)15-16(19)7-10-21(20)22(24)12-8-17(24)5-3-4-6-23(26)27-2/h7,17-22,25H,3-6,8-15H2,1-2H3. The van der Waals surface area contributed by atoms with E-state index in [4.69, 9.17) is 4.74 Å². The van der Waals surface area contributed by atoms with Crippen molar-refractivity contribution < 1.29 is 14.6 Å². The molecule has 0 radical (unpaired) electrons. The fraction of sp³-hybridized carbons (Fsp3) is 0.875. The Labute approximate surface area is 164 Å². The third-order valence-electron chi connectivity index (χ3n) is 9.03. The number of hydrogen-bond acceptors (Lipinski definition) is 3. The Bertz CT molecular complexity index is 582. The van der Waals surface area contributed by atoms with Crippen molar-refractivity contribution in [2.45, 2.75) is 90.1 Å². The molecule has 0 spiro atoms. The summed E-state index contributed by atoms with van der Waals surface area (Å²) in [5, 5.41) is 10.1. The van der Waals surface area contributed by atoms with E-state index in [0.717, 1.165) is 48.9 Å². The summed E-state index contributed by atoms with van der Waals surface area (Å²) in [5.74, 6) is 4.22. The van der Waals surface area contributed by atoms with Gasteiger partial charge in [-0.1, -0.05) is 25.0 Å². The third-order valence-corrected chi connectivity index (χ3v) is 9.03. The van der Waals surface area contributed by atoms with E-state index in [0.29, 0.717) is 11.8 Å². The van der Waals surface area contributed by atoms with Crippen LogP contribution < -0.4 is 0 Å². The van der Waals surface area contributed by atoms with Gasteiger partial charge >= 0.3 is 5.97 Å². The molecule has 0 amide bonds. The summed E-state index contributed by atoms with van der Waals surface area (Å²) < 4.78 is 4.78. The lowest BCUT2D eigenvalue weighted by molar-refractivity contribution is -0.140. The van der Waals surface area contributed by atoms with Crippen LogP contribution in [0.4, 0.5) is 0 Å². The average Bonchev–Trinajstić information content (AvgIpc) is 3.01. The zero-order chi connectivity index (χ0) is 19.0. The SMILES string of the molecule is COC(=O)CCCCC1CCC2C3CC=C4CC(O)CCC4C3CCC12C. The molecule has 3 fully saturated rings. The van der Waals surface area contributed by atoms with Gasteiger partial charge in [-0.25, -0.2) is 0 Å². The van der Waals surface area contributed by atoms with E-state index in [9.17, 15) is 9.90 Å². The lowest BCUT2D eigenvalue weighted by atomic mass is 9.51. The summed E-state index contributed by atoms with van der Waals surface area (Å²) in [5.41, 5.74) is 2.11. The van der Waals surface area contributed by atoms with Crippen molar-refractivity contribution in [2.75, 3.05) is 7.11 Å². The molecule has 3 nitrogen and oxygen atoms in total. The third kappa shape index (κ3) is 3.61. The Morgan fingerprint density at radius 2 is 2.04 bits per heavy atom. The molecule has 3 saturated carbocycles. The molecule has 7 atom stereocenters. The molecule has 0 aromatic rings. The monoisotopic (exact) mass is 374 g/mol. The average molecular weight is 375 g/mol. The van der Waals surface area contributed by atoms with Gasteiger partial charge in [0.2, 0.25) is 0 Å². The molecule has 0 bridgehead atoms. The summed E-state index contributed by atoms with van der Waals surface area (Å²) >= 11 is 0. The first-order valence-corrected chi connectivity index (χ1v) is 11.5. The largest absolute Gasteiger partial charge is 0.469 e. The number of ether oxygens (including phenoxy) is 1. The normalized spacial score (nSPS) is 43.3. The van der Waals surface area contributed by atoms with E-state index in [1.165, 1.54) is 58.5 Å². The van der Waals surface area contributed by atoms with Crippen molar-refractivity contribution in [1.82, 2.24) is 0 Å². The van der Waals surface area contributed by atoms with Gasteiger partial charge in [-0.2, -0.15) is 0 Å². The number of methoxy groups -OCH3 is 1. The van der Waals surface area contributed by atoms with Crippen molar-refractivity contribution in [3.63, 3.8) is 0 Å². The van der Waals surface area contributed by atoms with E-state index in [1.807, 2.05) is 0 Å². The molecule has 4 aliphatic carbocycles. The number of carbonyl (C=O) groups is 1. The molecule has 7 unspecified atom stereocenters. The topological polar surface area (TPSA) is 46.5 Å². The number of hydrogen-bond donors (Lipinski definition) is 1. The van der Waals surface area contributed by atoms with Gasteiger partial charge in [-0.05, 0) is 99.2 Å². The number of rotatable bonds is 5. The second-order valence-electron chi connectivity index (χ2n) is 10.1. The van der Waals surface area contributed by atoms with Gasteiger partial charge in [0.05, 0.1) is 13.2 Å². The Morgan fingerprint density at radius 3 is 2.85 bits per heavy atom. The van der Waals surface area contributed by atoms with E-state index >= 15 is 0 Å². The Kier molecular flexibility index (Phi) is 5.69. The van der Waals surface area contributed by atoms with Gasteiger partial charge < -0.3 is 9.84 Å². The van der Waals surface area contributed by atoms with E-state index < -0.39 is 0 Å². The number of carbonyl (C=O) groups excluding carboxylic acids is 1. The maximum absolute atomic E-state index is 11.3. The van der Waals surface area contributed by atoms with E-state index in [2.05, 4.69) is 13.0 Å². The molecular formula is C24H38O3. The molecule has 0 aromatic heterocycles. The fourth-order valence-corrected chi connectivity index (χ4v) is 7.59. The summed E-state index contributed by atoms with van der Waals surface area (Å²) in [6.45, 7) is 2.59. The molecular weight excluding hydrogens is 336 g/mol. The minimum atomic E-state index is -0.0845. The van der Waals surface area contributed by atoms with Crippen LogP contribution in [-0.4, -0.2) is 24.3 Å². The van der Waals surface area contributed by atoms with Gasteiger partial charge in [0, 0.05) is 6.42 Å². The zero-order valence-electron chi connectivity index (χ0n) is 17.3. The summed E-state index contributed by atoms with van der Waals surface area (Å²) in [7, 11) is 1.49. The first-order chi connectivity index (χ1) is 13.0. The molecule has 3 heteroatoms. The van der Waals surface area contributed by atoms with Crippen LogP contribution in [0.1, 0.15) is 84.0 Å². The van der Waals surface area contributed by atoms with Gasteiger partial charge in [0.1, 0.15) is 0 Å².